The number of anilines is 4. The Morgan fingerprint density at radius 2 is 1.80 bits per heavy atom. The van der Waals surface area contributed by atoms with Gasteiger partial charge in [-0.15, -0.1) is 0 Å². The fourth-order valence-electron chi connectivity index (χ4n) is 3.46. The maximum absolute atomic E-state index is 12.0. The number of fused-ring (bicyclic) bond motifs is 1. The highest BCUT2D eigenvalue weighted by Crippen LogP contribution is 2.27. The van der Waals surface area contributed by atoms with Crippen molar-refractivity contribution in [3.8, 4) is 0 Å². The summed E-state index contributed by atoms with van der Waals surface area (Å²) in [5.41, 5.74) is 2.22. The number of amides is 3. The first-order valence-corrected chi connectivity index (χ1v) is 10.6. The van der Waals surface area contributed by atoms with Gasteiger partial charge in [0.25, 0.3) is 5.91 Å². The molecule has 0 spiro atoms. The Morgan fingerprint density at radius 1 is 1.03 bits per heavy atom. The van der Waals surface area contributed by atoms with Crippen LogP contribution in [0.3, 0.4) is 0 Å². The molecule has 12 heteroatoms. The van der Waals surface area contributed by atoms with Gasteiger partial charge in [0.15, 0.2) is 5.65 Å². The van der Waals surface area contributed by atoms with E-state index in [1.54, 1.807) is 36.4 Å². The van der Waals surface area contributed by atoms with Crippen LogP contribution in [-0.4, -0.2) is 37.6 Å². The van der Waals surface area contributed by atoms with E-state index in [1.807, 2.05) is 6.07 Å². The van der Waals surface area contributed by atoms with Crippen LogP contribution in [0.25, 0.3) is 11.7 Å². The maximum atomic E-state index is 12.0. The zero-order valence-corrected chi connectivity index (χ0v) is 18.5. The second kappa shape index (κ2) is 8.80. The first-order chi connectivity index (χ1) is 16.9. The number of nitrogens with zero attached hydrogens (tertiary/aromatic N) is 3. The molecular weight excluding hydrogens is 474 g/mol. The molecule has 35 heavy (non-hydrogen) atoms. The molecule has 174 valence electrons. The molecule has 0 bridgehead atoms. The standard InChI is InChI=1S/C23H16ClN7O4/c24-14-4-2-6-16(9-14)26-18-10-19(27-15-5-1-3-12(7-15)22(33)34)31-20(29-18)13(11-25-31)8-17-21(32)30-23(35)28-17/h1-11,27H,(H,26,29)(H,33,34)(H2,28,30,32,35). The van der Waals surface area contributed by atoms with Gasteiger partial charge in [-0.1, -0.05) is 23.7 Å². The Kier molecular flexibility index (Phi) is 5.51. The largest absolute Gasteiger partial charge is 0.478 e. The molecule has 1 saturated heterocycles. The molecule has 1 aliphatic rings. The number of halogens is 1. The molecule has 0 radical (unpaired) electrons. The van der Waals surface area contributed by atoms with Gasteiger partial charge in [0.2, 0.25) is 0 Å². The Bertz CT molecular complexity index is 1550. The molecule has 0 saturated carbocycles. The van der Waals surface area contributed by atoms with Crippen LogP contribution in [0.15, 0.2) is 66.5 Å². The number of aromatic nitrogens is 3. The predicted molar refractivity (Wildman–Crippen MR) is 129 cm³/mol. The molecular formula is C23H16ClN7O4. The first-order valence-electron chi connectivity index (χ1n) is 10.2. The van der Waals surface area contributed by atoms with Crippen LogP contribution in [0, 0.1) is 0 Å². The van der Waals surface area contributed by atoms with Crippen molar-refractivity contribution >= 4 is 64.2 Å². The lowest BCUT2D eigenvalue weighted by Gasteiger charge is -2.13. The van der Waals surface area contributed by atoms with Gasteiger partial charge >= 0.3 is 12.0 Å². The van der Waals surface area contributed by atoms with Crippen molar-refractivity contribution in [2.75, 3.05) is 10.6 Å². The Morgan fingerprint density at radius 3 is 2.51 bits per heavy atom. The van der Waals surface area contributed by atoms with Gasteiger partial charge in [-0.25, -0.2) is 14.6 Å². The predicted octanol–water partition coefficient (Wildman–Crippen LogP) is 3.75. The molecule has 0 unspecified atom stereocenters. The van der Waals surface area contributed by atoms with Crippen molar-refractivity contribution in [1.82, 2.24) is 25.2 Å². The molecule has 0 aliphatic carbocycles. The smallest absolute Gasteiger partial charge is 0.335 e. The topological polar surface area (TPSA) is 150 Å². The van der Waals surface area contributed by atoms with Crippen LogP contribution in [0.4, 0.5) is 27.8 Å². The Hall–Kier alpha value is -4.90. The van der Waals surface area contributed by atoms with Crippen molar-refractivity contribution in [1.29, 1.82) is 0 Å². The van der Waals surface area contributed by atoms with E-state index >= 15 is 0 Å². The number of rotatable bonds is 6. The van der Waals surface area contributed by atoms with Crippen molar-refractivity contribution in [3.63, 3.8) is 0 Å². The molecule has 0 atom stereocenters. The molecule has 4 aromatic rings. The first kappa shape index (κ1) is 21.9. The number of benzene rings is 2. The molecule has 3 heterocycles. The Balaban J connectivity index is 1.60. The lowest BCUT2D eigenvalue weighted by atomic mass is 10.2. The zero-order chi connectivity index (χ0) is 24.5. The normalized spacial score (nSPS) is 14.1. The summed E-state index contributed by atoms with van der Waals surface area (Å²) in [5.74, 6) is -0.726. The summed E-state index contributed by atoms with van der Waals surface area (Å²) in [5, 5.41) is 25.1. The average Bonchev–Trinajstić information content (AvgIpc) is 3.36. The van der Waals surface area contributed by atoms with Gasteiger partial charge in [0.1, 0.15) is 17.3 Å². The molecule has 2 aromatic heterocycles. The van der Waals surface area contributed by atoms with Gasteiger partial charge in [0, 0.05) is 28.0 Å². The van der Waals surface area contributed by atoms with Gasteiger partial charge in [-0.3, -0.25) is 10.1 Å². The molecule has 1 aliphatic heterocycles. The van der Waals surface area contributed by atoms with Crippen LogP contribution < -0.4 is 21.3 Å². The third kappa shape index (κ3) is 4.61. The molecule has 3 amide bonds. The van der Waals surface area contributed by atoms with Gasteiger partial charge in [-0.2, -0.15) is 9.61 Å². The summed E-state index contributed by atoms with van der Waals surface area (Å²) >= 11 is 6.10. The molecule has 2 aromatic carbocycles. The van der Waals surface area contributed by atoms with Crippen LogP contribution in [-0.2, 0) is 4.79 Å². The van der Waals surface area contributed by atoms with Gasteiger partial charge in [0.05, 0.1) is 11.8 Å². The minimum atomic E-state index is -1.05. The van der Waals surface area contributed by atoms with Crippen LogP contribution in [0.2, 0.25) is 5.02 Å². The number of hydrogen-bond acceptors (Lipinski definition) is 7. The highest BCUT2D eigenvalue weighted by molar-refractivity contribution is 6.30. The second-order valence-electron chi connectivity index (χ2n) is 7.47. The van der Waals surface area contributed by atoms with Gasteiger partial charge in [-0.05, 0) is 42.5 Å². The summed E-state index contributed by atoms with van der Waals surface area (Å²) in [6, 6.07) is 14.5. The average molecular weight is 490 g/mol. The number of carboxylic acid groups (broad SMARTS) is 1. The second-order valence-corrected chi connectivity index (χ2v) is 7.91. The molecule has 1 fully saturated rings. The van der Waals surface area contributed by atoms with E-state index < -0.39 is 17.9 Å². The molecule has 11 nitrogen and oxygen atoms in total. The van der Waals surface area contributed by atoms with Crippen molar-refractivity contribution in [2.45, 2.75) is 0 Å². The van der Waals surface area contributed by atoms with Gasteiger partial charge < -0.3 is 21.1 Å². The van der Waals surface area contributed by atoms with E-state index in [9.17, 15) is 19.5 Å². The van der Waals surface area contributed by atoms with Crippen molar-refractivity contribution in [2.24, 2.45) is 0 Å². The molecule has 5 rings (SSSR count). The van der Waals surface area contributed by atoms with Crippen molar-refractivity contribution < 1.29 is 19.5 Å². The zero-order valence-electron chi connectivity index (χ0n) is 17.7. The van der Waals surface area contributed by atoms with E-state index in [4.69, 9.17) is 11.6 Å². The fourth-order valence-corrected chi connectivity index (χ4v) is 3.65. The minimum absolute atomic E-state index is 0.0589. The minimum Gasteiger partial charge on any atom is -0.478 e. The maximum Gasteiger partial charge on any atom is 0.335 e. The number of carbonyl (C=O) groups is 3. The molecule has 5 N–H and O–H groups in total. The van der Waals surface area contributed by atoms with E-state index in [-0.39, 0.29) is 11.3 Å². The number of imide groups is 1. The number of carboxylic acids is 1. The summed E-state index contributed by atoms with van der Waals surface area (Å²) in [6.45, 7) is 0. The SMILES string of the molecule is O=C1NC(=O)C(=Cc2cnn3c(Nc4cccc(C(=O)O)c4)cc(Nc4cccc(Cl)c4)nc23)N1. The monoisotopic (exact) mass is 489 g/mol. The van der Waals surface area contributed by atoms with Crippen LogP contribution >= 0.6 is 11.6 Å². The highest BCUT2D eigenvalue weighted by Gasteiger charge is 2.24. The summed E-state index contributed by atoms with van der Waals surface area (Å²) in [4.78, 5) is 39.5. The van der Waals surface area contributed by atoms with E-state index in [0.29, 0.717) is 39.2 Å². The van der Waals surface area contributed by atoms with Crippen molar-refractivity contribution in [3.05, 3.63) is 82.6 Å². The lowest BCUT2D eigenvalue weighted by molar-refractivity contribution is -0.115. The van der Waals surface area contributed by atoms with Crippen LogP contribution in [0.5, 0.6) is 0 Å². The third-order valence-electron chi connectivity index (χ3n) is 5.00. The fraction of sp³-hybridized carbons (Fsp3) is 0. The summed E-state index contributed by atoms with van der Waals surface area (Å²) < 4.78 is 1.50. The third-order valence-corrected chi connectivity index (χ3v) is 5.23. The van der Waals surface area contributed by atoms with Crippen LogP contribution in [0.1, 0.15) is 15.9 Å². The number of urea groups is 1. The van der Waals surface area contributed by atoms with E-state index in [0.717, 1.165) is 0 Å². The number of carbonyl (C=O) groups excluding carboxylic acids is 2. The van der Waals surface area contributed by atoms with E-state index in [2.05, 4.69) is 31.3 Å². The number of hydrogen-bond donors (Lipinski definition) is 5. The summed E-state index contributed by atoms with van der Waals surface area (Å²) in [6.07, 6.45) is 2.96. The highest BCUT2D eigenvalue weighted by atomic mass is 35.5. The summed E-state index contributed by atoms with van der Waals surface area (Å²) in [7, 11) is 0. The lowest BCUT2D eigenvalue weighted by Crippen LogP contribution is -2.22. The van der Waals surface area contributed by atoms with E-state index in [1.165, 1.54) is 28.9 Å². The number of nitrogens with one attached hydrogen (secondary N) is 4. The quantitative estimate of drug-likeness (QED) is 0.203. The Labute approximate surface area is 202 Å². The number of aromatic carboxylic acids is 1.